The SMILES string of the molecule is COc1c(OCC2OC2(C)CC(O)C=C(C)C)ccc2ccc(=O)oc12. The molecule has 1 aliphatic heterocycles. The Bertz CT molecular complexity index is 879. The number of aliphatic hydroxyl groups is 1. The van der Waals surface area contributed by atoms with Crippen LogP contribution in [-0.2, 0) is 4.74 Å². The van der Waals surface area contributed by atoms with Gasteiger partial charge < -0.3 is 23.7 Å². The van der Waals surface area contributed by atoms with E-state index in [2.05, 4.69) is 0 Å². The first-order valence-corrected chi connectivity index (χ1v) is 8.57. The Morgan fingerprint density at radius 2 is 2.08 bits per heavy atom. The molecule has 2 heterocycles. The van der Waals surface area contributed by atoms with E-state index in [4.69, 9.17) is 18.6 Å². The van der Waals surface area contributed by atoms with Crippen molar-refractivity contribution < 1.29 is 23.7 Å². The van der Waals surface area contributed by atoms with Crippen molar-refractivity contribution >= 4 is 11.0 Å². The minimum Gasteiger partial charge on any atom is -0.490 e. The number of ether oxygens (including phenoxy) is 3. The topological polar surface area (TPSA) is 81.4 Å². The molecule has 0 saturated carbocycles. The standard InChI is InChI=1S/C20H24O6/c1-12(2)9-14(21)10-20(3)16(26-20)11-24-15-7-5-13-6-8-17(22)25-18(13)19(15)23-4/h5-9,14,16,21H,10-11H2,1-4H3. The molecule has 0 radical (unpaired) electrons. The molecule has 1 aliphatic rings. The Morgan fingerprint density at radius 3 is 2.77 bits per heavy atom. The van der Waals surface area contributed by atoms with Gasteiger partial charge in [-0.2, -0.15) is 0 Å². The van der Waals surface area contributed by atoms with Crippen LogP contribution in [0.25, 0.3) is 11.0 Å². The summed E-state index contributed by atoms with van der Waals surface area (Å²) in [5, 5.41) is 10.8. The first-order chi connectivity index (χ1) is 12.3. The molecule has 3 rings (SSSR count). The van der Waals surface area contributed by atoms with E-state index in [0.717, 1.165) is 11.0 Å². The minimum absolute atomic E-state index is 0.120. The maximum absolute atomic E-state index is 11.5. The highest BCUT2D eigenvalue weighted by Gasteiger charge is 2.53. The number of fused-ring (bicyclic) bond motifs is 1. The van der Waals surface area contributed by atoms with Gasteiger partial charge in [-0.15, -0.1) is 0 Å². The number of benzene rings is 1. The largest absolute Gasteiger partial charge is 0.490 e. The number of hydrogen-bond acceptors (Lipinski definition) is 6. The van der Waals surface area contributed by atoms with Gasteiger partial charge in [0.05, 0.1) is 18.8 Å². The average Bonchev–Trinajstić information content (AvgIpc) is 3.20. The Hall–Kier alpha value is -2.31. The lowest BCUT2D eigenvalue weighted by atomic mass is 9.99. The molecule has 2 aromatic rings. The van der Waals surface area contributed by atoms with E-state index in [-0.39, 0.29) is 6.10 Å². The normalized spacial score (nSPS) is 22.7. The monoisotopic (exact) mass is 360 g/mol. The maximum atomic E-state index is 11.5. The highest BCUT2D eigenvalue weighted by atomic mass is 16.6. The molecule has 6 heteroatoms. The van der Waals surface area contributed by atoms with E-state index in [1.165, 1.54) is 13.2 Å². The predicted molar refractivity (Wildman–Crippen MR) is 97.9 cm³/mol. The van der Waals surface area contributed by atoms with Crippen LogP contribution in [0.1, 0.15) is 27.2 Å². The highest BCUT2D eigenvalue weighted by Crippen LogP contribution is 2.42. The number of rotatable bonds is 7. The van der Waals surface area contributed by atoms with Gasteiger partial charge in [0, 0.05) is 17.9 Å². The lowest BCUT2D eigenvalue weighted by Gasteiger charge is -2.13. The summed E-state index contributed by atoms with van der Waals surface area (Å²) in [4.78, 5) is 11.5. The van der Waals surface area contributed by atoms with Gasteiger partial charge in [-0.25, -0.2) is 4.79 Å². The van der Waals surface area contributed by atoms with Crippen LogP contribution < -0.4 is 15.1 Å². The molecule has 0 spiro atoms. The molecule has 1 aromatic heterocycles. The van der Waals surface area contributed by atoms with E-state index in [1.54, 1.807) is 12.1 Å². The summed E-state index contributed by atoms with van der Waals surface area (Å²) < 4.78 is 22.2. The van der Waals surface area contributed by atoms with Gasteiger partial charge in [0.1, 0.15) is 12.7 Å². The van der Waals surface area contributed by atoms with Gasteiger partial charge in [0.2, 0.25) is 5.75 Å². The first-order valence-electron chi connectivity index (χ1n) is 8.57. The second-order valence-electron chi connectivity index (χ2n) is 7.02. The fourth-order valence-electron chi connectivity index (χ4n) is 3.10. The van der Waals surface area contributed by atoms with E-state index in [9.17, 15) is 9.90 Å². The minimum atomic E-state index is -0.542. The zero-order valence-corrected chi connectivity index (χ0v) is 15.4. The molecule has 3 atom stereocenters. The van der Waals surface area contributed by atoms with Crippen molar-refractivity contribution in [2.75, 3.05) is 13.7 Å². The zero-order valence-electron chi connectivity index (χ0n) is 15.4. The summed E-state index contributed by atoms with van der Waals surface area (Å²) in [6, 6.07) is 6.63. The molecule has 6 nitrogen and oxygen atoms in total. The molecule has 26 heavy (non-hydrogen) atoms. The van der Waals surface area contributed by atoms with Crippen LogP contribution in [-0.4, -0.2) is 36.6 Å². The van der Waals surface area contributed by atoms with Crippen LogP contribution in [0.3, 0.4) is 0 Å². The van der Waals surface area contributed by atoms with E-state index in [1.807, 2.05) is 32.9 Å². The summed E-state index contributed by atoms with van der Waals surface area (Å²) in [5.74, 6) is 0.865. The Labute approximate surface area is 152 Å². The second kappa shape index (κ2) is 7.13. The third-order valence-corrected chi connectivity index (χ3v) is 4.48. The van der Waals surface area contributed by atoms with Crippen molar-refractivity contribution in [3.05, 3.63) is 46.3 Å². The Balaban J connectivity index is 1.69. The van der Waals surface area contributed by atoms with Gasteiger partial charge >= 0.3 is 5.63 Å². The quantitative estimate of drug-likeness (QED) is 0.464. The molecule has 1 fully saturated rings. The smallest absolute Gasteiger partial charge is 0.336 e. The molecular formula is C20H24O6. The Morgan fingerprint density at radius 1 is 1.35 bits per heavy atom. The van der Waals surface area contributed by atoms with Gasteiger partial charge in [0.15, 0.2) is 11.3 Å². The van der Waals surface area contributed by atoms with Crippen molar-refractivity contribution in [3.8, 4) is 11.5 Å². The summed E-state index contributed by atoms with van der Waals surface area (Å²) in [7, 11) is 1.50. The van der Waals surface area contributed by atoms with Gasteiger partial charge in [0.25, 0.3) is 0 Å². The lowest BCUT2D eigenvalue weighted by molar-refractivity contribution is 0.167. The predicted octanol–water partition coefficient (Wildman–Crippen LogP) is 3.06. The fraction of sp³-hybridized carbons (Fsp3) is 0.450. The van der Waals surface area contributed by atoms with Crippen molar-refractivity contribution in [2.24, 2.45) is 0 Å². The average molecular weight is 360 g/mol. The van der Waals surface area contributed by atoms with Gasteiger partial charge in [-0.1, -0.05) is 11.6 Å². The van der Waals surface area contributed by atoms with Crippen LogP contribution in [0.5, 0.6) is 11.5 Å². The summed E-state index contributed by atoms with van der Waals surface area (Å²) in [6.07, 6.45) is 1.67. The Kier molecular flexibility index (Phi) is 5.07. The van der Waals surface area contributed by atoms with Crippen molar-refractivity contribution in [1.29, 1.82) is 0 Å². The summed E-state index contributed by atoms with van der Waals surface area (Å²) >= 11 is 0. The van der Waals surface area contributed by atoms with Crippen LogP contribution in [0.2, 0.25) is 0 Å². The van der Waals surface area contributed by atoms with Gasteiger partial charge in [-0.05, 0) is 39.0 Å². The molecule has 0 amide bonds. The number of hydrogen-bond donors (Lipinski definition) is 1. The van der Waals surface area contributed by atoms with Gasteiger partial charge in [-0.3, -0.25) is 0 Å². The second-order valence-corrected chi connectivity index (χ2v) is 7.02. The molecule has 1 N–H and O–H groups in total. The fourth-order valence-corrected chi connectivity index (χ4v) is 3.10. The third kappa shape index (κ3) is 3.92. The van der Waals surface area contributed by atoms with E-state index in [0.29, 0.717) is 30.1 Å². The molecule has 1 saturated heterocycles. The molecular weight excluding hydrogens is 336 g/mol. The van der Waals surface area contributed by atoms with Crippen molar-refractivity contribution in [3.63, 3.8) is 0 Å². The number of methoxy groups -OCH3 is 1. The molecule has 0 bridgehead atoms. The molecule has 3 unspecified atom stereocenters. The first kappa shape index (κ1) is 18.5. The van der Waals surface area contributed by atoms with Crippen LogP contribution >= 0.6 is 0 Å². The molecule has 1 aromatic carbocycles. The number of allylic oxidation sites excluding steroid dienone is 1. The summed E-state index contributed by atoms with van der Waals surface area (Å²) in [5.41, 5.74) is 0.564. The number of aliphatic hydroxyl groups excluding tert-OH is 1. The molecule has 0 aliphatic carbocycles. The lowest BCUT2D eigenvalue weighted by Crippen LogP contribution is -2.21. The van der Waals surface area contributed by atoms with Crippen molar-refractivity contribution in [1.82, 2.24) is 0 Å². The highest BCUT2D eigenvalue weighted by molar-refractivity contribution is 5.85. The van der Waals surface area contributed by atoms with Crippen LogP contribution in [0.15, 0.2) is 45.1 Å². The van der Waals surface area contributed by atoms with Crippen LogP contribution in [0.4, 0.5) is 0 Å². The van der Waals surface area contributed by atoms with E-state index < -0.39 is 17.3 Å². The third-order valence-electron chi connectivity index (χ3n) is 4.48. The summed E-state index contributed by atoms with van der Waals surface area (Å²) in [6.45, 7) is 6.17. The molecule has 140 valence electrons. The maximum Gasteiger partial charge on any atom is 0.336 e. The van der Waals surface area contributed by atoms with Crippen LogP contribution in [0, 0.1) is 0 Å². The number of epoxide rings is 1. The van der Waals surface area contributed by atoms with E-state index >= 15 is 0 Å². The van der Waals surface area contributed by atoms with Crippen molar-refractivity contribution in [2.45, 2.75) is 45.0 Å². The zero-order chi connectivity index (χ0) is 18.9.